The molecule has 25 heavy (non-hydrogen) atoms. The third kappa shape index (κ3) is 6.32. The van der Waals surface area contributed by atoms with Crippen molar-refractivity contribution in [2.75, 3.05) is 59.6 Å². The van der Waals surface area contributed by atoms with E-state index >= 15 is 0 Å². The molecule has 2 rings (SSSR count). The molecular weight excluding hydrogens is 320 g/mol. The Hall–Kier alpha value is -1.60. The van der Waals surface area contributed by atoms with Crippen LogP contribution in [0, 0.1) is 0 Å². The molecule has 0 radical (unpaired) electrons. The molecular formula is C19H30N2O4. The monoisotopic (exact) mass is 350 g/mol. The summed E-state index contributed by atoms with van der Waals surface area (Å²) < 4.78 is 11.1. The lowest BCUT2D eigenvalue weighted by Gasteiger charge is -2.35. The number of nitrogens with zero attached hydrogens (tertiary/aromatic N) is 2. The molecule has 1 aromatic carbocycles. The second-order valence-corrected chi connectivity index (χ2v) is 6.31. The Morgan fingerprint density at radius 1 is 1.20 bits per heavy atom. The molecule has 0 amide bonds. The van der Waals surface area contributed by atoms with E-state index in [-0.39, 0.29) is 13.2 Å². The maximum atomic E-state index is 10.3. The summed E-state index contributed by atoms with van der Waals surface area (Å²) in [6.45, 7) is 9.12. The molecule has 1 aliphatic heterocycles. The minimum Gasteiger partial charge on any atom is -0.493 e. The standard InChI is InChI=1S/C19H30N2O4/c1-3-4-16-5-6-18(19(13-16)24-2)25-15-17(23)14-21-9-7-20(8-10-21)11-12-22/h3,5-6,13,17,22-23H,1,4,7-12,14-15H2,2H3/t17-/m1/s1. The van der Waals surface area contributed by atoms with Crippen LogP contribution in [0.5, 0.6) is 11.5 Å². The lowest BCUT2D eigenvalue weighted by molar-refractivity contribution is 0.0423. The van der Waals surface area contributed by atoms with Crippen molar-refractivity contribution in [2.45, 2.75) is 12.5 Å². The van der Waals surface area contributed by atoms with Gasteiger partial charge in [-0.2, -0.15) is 0 Å². The van der Waals surface area contributed by atoms with Gasteiger partial charge in [-0.3, -0.25) is 9.80 Å². The normalized spacial score (nSPS) is 17.2. The lowest BCUT2D eigenvalue weighted by atomic mass is 10.1. The Morgan fingerprint density at radius 3 is 2.56 bits per heavy atom. The minimum absolute atomic E-state index is 0.198. The van der Waals surface area contributed by atoms with E-state index in [4.69, 9.17) is 14.6 Å². The summed E-state index contributed by atoms with van der Waals surface area (Å²) >= 11 is 0. The van der Waals surface area contributed by atoms with Gasteiger partial charge in [-0.05, 0) is 24.1 Å². The van der Waals surface area contributed by atoms with Crippen LogP contribution >= 0.6 is 0 Å². The number of aliphatic hydroxyl groups is 2. The molecule has 1 heterocycles. The number of allylic oxidation sites excluding steroid dienone is 1. The smallest absolute Gasteiger partial charge is 0.161 e. The second kappa shape index (κ2) is 10.4. The number of β-amino-alcohol motifs (C(OH)–C–C–N with tert-alkyl or cyclic N) is 2. The van der Waals surface area contributed by atoms with E-state index in [0.717, 1.165) is 44.7 Å². The maximum Gasteiger partial charge on any atom is 0.161 e. The van der Waals surface area contributed by atoms with E-state index < -0.39 is 6.10 Å². The van der Waals surface area contributed by atoms with Gasteiger partial charge in [-0.15, -0.1) is 6.58 Å². The first kappa shape index (κ1) is 19.7. The first-order valence-corrected chi connectivity index (χ1v) is 8.80. The fraction of sp³-hybridized carbons (Fsp3) is 0.579. The van der Waals surface area contributed by atoms with Crippen LogP contribution in [0.15, 0.2) is 30.9 Å². The third-order valence-corrected chi connectivity index (χ3v) is 4.39. The van der Waals surface area contributed by atoms with Crippen LogP contribution in [-0.4, -0.2) is 85.7 Å². The summed E-state index contributed by atoms with van der Waals surface area (Å²) in [4.78, 5) is 4.46. The highest BCUT2D eigenvalue weighted by molar-refractivity contribution is 5.43. The summed E-state index contributed by atoms with van der Waals surface area (Å²) in [5, 5.41) is 19.2. The Balaban J connectivity index is 1.78. The fourth-order valence-electron chi connectivity index (χ4n) is 3.00. The minimum atomic E-state index is -0.554. The molecule has 1 saturated heterocycles. The molecule has 0 unspecified atom stereocenters. The molecule has 0 aliphatic carbocycles. The van der Waals surface area contributed by atoms with Crippen LogP contribution < -0.4 is 9.47 Å². The van der Waals surface area contributed by atoms with Crippen molar-refractivity contribution in [3.8, 4) is 11.5 Å². The van der Waals surface area contributed by atoms with E-state index in [1.54, 1.807) is 7.11 Å². The number of methoxy groups -OCH3 is 1. The highest BCUT2D eigenvalue weighted by Crippen LogP contribution is 2.28. The number of ether oxygens (including phenoxy) is 2. The average molecular weight is 350 g/mol. The zero-order valence-corrected chi connectivity index (χ0v) is 15.1. The van der Waals surface area contributed by atoms with Crippen LogP contribution in [0.3, 0.4) is 0 Å². The zero-order valence-electron chi connectivity index (χ0n) is 15.1. The van der Waals surface area contributed by atoms with Gasteiger partial charge in [0, 0.05) is 39.3 Å². The maximum absolute atomic E-state index is 10.3. The number of rotatable bonds is 10. The largest absolute Gasteiger partial charge is 0.493 e. The molecule has 1 atom stereocenters. The van der Waals surface area contributed by atoms with Crippen LogP contribution in [0.2, 0.25) is 0 Å². The number of hydrogen-bond acceptors (Lipinski definition) is 6. The highest BCUT2D eigenvalue weighted by atomic mass is 16.5. The first-order chi connectivity index (χ1) is 12.2. The predicted octanol–water partition coefficient (Wildman–Crippen LogP) is 0.773. The van der Waals surface area contributed by atoms with Gasteiger partial charge < -0.3 is 19.7 Å². The van der Waals surface area contributed by atoms with E-state index in [2.05, 4.69) is 16.4 Å². The van der Waals surface area contributed by atoms with E-state index in [0.29, 0.717) is 18.0 Å². The Kier molecular flexibility index (Phi) is 8.21. The fourth-order valence-corrected chi connectivity index (χ4v) is 3.00. The zero-order chi connectivity index (χ0) is 18.1. The molecule has 0 saturated carbocycles. The summed E-state index contributed by atoms with van der Waals surface area (Å²) in [6.07, 6.45) is 2.07. The summed E-state index contributed by atoms with van der Waals surface area (Å²) in [5.41, 5.74) is 1.11. The molecule has 0 spiro atoms. The molecule has 1 aromatic rings. The van der Waals surface area contributed by atoms with Gasteiger partial charge in [0.05, 0.1) is 13.7 Å². The quantitative estimate of drug-likeness (QED) is 0.608. The Bertz CT molecular complexity index is 530. The van der Waals surface area contributed by atoms with Gasteiger partial charge >= 0.3 is 0 Å². The molecule has 6 heteroatoms. The van der Waals surface area contributed by atoms with Crippen molar-refractivity contribution in [1.29, 1.82) is 0 Å². The van der Waals surface area contributed by atoms with Crippen molar-refractivity contribution in [2.24, 2.45) is 0 Å². The van der Waals surface area contributed by atoms with E-state index in [9.17, 15) is 5.11 Å². The SMILES string of the molecule is C=CCc1ccc(OC[C@H](O)CN2CCN(CCO)CC2)c(OC)c1. The van der Waals surface area contributed by atoms with Gasteiger partial charge in [0.2, 0.25) is 0 Å². The van der Waals surface area contributed by atoms with Crippen LogP contribution in [0.1, 0.15) is 5.56 Å². The number of hydrogen-bond donors (Lipinski definition) is 2. The van der Waals surface area contributed by atoms with Gasteiger partial charge in [0.1, 0.15) is 12.7 Å². The summed E-state index contributed by atoms with van der Waals surface area (Å²) in [6, 6.07) is 5.79. The van der Waals surface area contributed by atoms with Crippen LogP contribution in [-0.2, 0) is 6.42 Å². The topological polar surface area (TPSA) is 65.4 Å². The van der Waals surface area contributed by atoms with E-state index in [1.807, 2.05) is 24.3 Å². The van der Waals surface area contributed by atoms with Gasteiger partial charge in [0.25, 0.3) is 0 Å². The average Bonchev–Trinajstić information content (AvgIpc) is 2.62. The first-order valence-electron chi connectivity index (χ1n) is 8.80. The molecule has 2 N–H and O–H groups in total. The molecule has 0 bridgehead atoms. The van der Waals surface area contributed by atoms with Crippen molar-refractivity contribution < 1.29 is 19.7 Å². The Morgan fingerprint density at radius 2 is 1.92 bits per heavy atom. The molecule has 0 aromatic heterocycles. The molecule has 1 aliphatic rings. The predicted molar refractivity (Wildman–Crippen MR) is 98.4 cm³/mol. The summed E-state index contributed by atoms with van der Waals surface area (Å²) in [7, 11) is 1.61. The van der Waals surface area contributed by atoms with Crippen molar-refractivity contribution in [3.05, 3.63) is 36.4 Å². The van der Waals surface area contributed by atoms with E-state index in [1.165, 1.54) is 0 Å². The van der Waals surface area contributed by atoms with Crippen molar-refractivity contribution in [1.82, 2.24) is 9.80 Å². The molecule has 1 fully saturated rings. The summed E-state index contributed by atoms with van der Waals surface area (Å²) in [5.74, 6) is 1.31. The Labute approximate surface area is 150 Å². The van der Waals surface area contributed by atoms with Crippen molar-refractivity contribution >= 4 is 0 Å². The number of piperazine rings is 1. The van der Waals surface area contributed by atoms with Gasteiger partial charge in [-0.1, -0.05) is 12.1 Å². The number of benzene rings is 1. The molecule has 140 valence electrons. The van der Waals surface area contributed by atoms with Crippen LogP contribution in [0.25, 0.3) is 0 Å². The van der Waals surface area contributed by atoms with Crippen LogP contribution in [0.4, 0.5) is 0 Å². The lowest BCUT2D eigenvalue weighted by Crippen LogP contribution is -2.49. The van der Waals surface area contributed by atoms with Gasteiger partial charge in [-0.25, -0.2) is 0 Å². The number of aliphatic hydroxyl groups excluding tert-OH is 2. The third-order valence-electron chi connectivity index (χ3n) is 4.39. The van der Waals surface area contributed by atoms with Crippen molar-refractivity contribution in [3.63, 3.8) is 0 Å². The second-order valence-electron chi connectivity index (χ2n) is 6.31. The molecule has 6 nitrogen and oxygen atoms in total. The highest BCUT2D eigenvalue weighted by Gasteiger charge is 2.19. The van der Waals surface area contributed by atoms with Gasteiger partial charge in [0.15, 0.2) is 11.5 Å².